The van der Waals surface area contributed by atoms with E-state index in [0.29, 0.717) is 6.42 Å². The van der Waals surface area contributed by atoms with Gasteiger partial charge in [0.15, 0.2) is 0 Å². The zero-order valence-corrected chi connectivity index (χ0v) is 12.6. The highest BCUT2D eigenvalue weighted by Crippen LogP contribution is 2.28. The lowest BCUT2D eigenvalue weighted by molar-refractivity contribution is -0.116. The van der Waals surface area contributed by atoms with Gasteiger partial charge in [0, 0.05) is 12.1 Å². The number of ether oxygens (including phenoxy) is 1. The fourth-order valence-corrected chi connectivity index (χ4v) is 2.79. The van der Waals surface area contributed by atoms with Crippen molar-refractivity contribution in [1.29, 1.82) is 0 Å². The van der Waals surface area contributed by atoms with Crippen LogP contribution in [0.15, 0.2) is 42.5 Å². The van der Waals surface area contributed by atoms with E-state index in [9.17, 15) is 4.79 Å². The van der Waals surface area contributed by atoms with Crippen molar-refractivity contribution in [2.24, 2.45) is 5.73 Å². The molecule has 0 fully saturated rings. The van der Waals surface area contributed by atoms with E-state index in [1.165, 1.54) is 0 Å². The number of aryl methyl sites for hydroxylation is 1. The molecule has 1 amide bonds. The molecule has 1 aliphatic heterocycles. The summed E-state index contributed by atoms with van der Waals surface area (Å²) in [6.45, 7) is 0. The molecule has 3 N–H and O–H groups in total. The van der Waals surface area contributed by atoms with Crippen molar-refractivity contribution in [3.8, 4) is 5.75 Å². The maximum Gasteiger partial charge on any atom is 0.224 e. The minimum atomic E-state index is -0.185. The Kier molecular flexibility index (Phi) is 4.11. The van der Waals surface area contributed by atoms with Gasteiger partial charge in [-0.15, -0.1) is 0 Å². The second-order valence-electron chi connectivity index (χ2n) is 5.57. The normalized spacial score (nSPS) is 15.5. The van der Waals surface area contributed by atoms with E-state index >= 15 is 0 Å². The van der Waals surface area contributed by atoms with Gasteiger partial charge in [0.25, 0.3) is 0 Å². The minimum Gasteiger partial charge on any atom is -0.497 e. The van der Waals surface area contributed by atoms with Crippen LogP contribution >= 0.6 is 0 Å². The van der Waals surface area contributed by atoms with Crippen LogP contribution in [-0.2, 0) is 11.2 Å². The van der Waals surface area contributed by atoms with Crippen LogP contribution in [0.25, 0.3) is 0 Å². The zero-order chi connectivity index (χ0) is 15.5. The van der Waals surface area contributed by atoms with Crippen LogP contribution in [0.3, 0.4) is 0 Å². The SMILES string of the molecule is COc1ccc(C(N)c2ccc3c(c2)CCCC(=O)N3)cc1. The summed E-state index contributed by atoms with van der Waals surface area (Å²) >= 11 is 0. The second kappa shape index (κ2) is 6.20. The molecular weight excluding hydrogens is 276 g/mol. The lowest BCUT2D eigenvalue weighted by atomic mass is 9.96. The quantitative estimate of drug-likeness (QED) is 0.915. The van der Waals surface area contributed by atoms with Gasteiger partial charge in [0.2, 0.25) is 5.91 Å². The Balaban J connectivity index is 1.87. The first-order valence-corrected chi connectivity index (χ1v) is 7.49. The number of hydrogen-bond donors (Lipinski definition) is 2. The summed E-state index contributed by atoms with van der Waals surface area (Å²) in [5.74, 6) is 0.909. The van der Waals surface area contributed by atoms with Gasteiger partial charge in [-0.05, 0) is 47.7 Å². The maximum atomic E-state index is 11.6. The van der Waals surface area contributed by atoms with Gasteiger partial charge in [-0.25, -0.2) is 0 Å². The predicted octanol–water partition coefficient (Wildman–Crippen LogP) is 3.02. The Hall–Kier alpha value is -2.33. The van der Waals surface area contributed by atoms with E-state index in [2.05, 4.69) is 11.4 Å². The number of carbonyl (C=O) groups is 1. The molecule has 22 heavy (non-hydrogen) atoms. The molecule has 1 atom stereocenters. The maximum absolute atomic E-state index is 11.6. The van der Waals surface area contributed by atoms with Crippen molar-refractivity contribution in [3.63, 3.8) is 0 Å². The summed E-state index contributed by atoms with van der Waals surface area (Å²) in [5, 5.41) is 2.95. The smallest absolute Gasteiger partial charge is 0.224 e. The number of carbonyl (C=O) groups excluding carboxylic acids is 1. The molecule has 0 aromatic heterocycles. The summed E-state index contributed by atoms with van der Waals surface area (Å²) in [6.07, 6.45) is 2.35. The summed E-state index contributed by atoms with van der Waals surface area (Å²) in [5.41, 5.74) is 10.5. The number of fused-ring (bicyclic) bond motifs is 1. The van der Waals surface area contributed by atoms with Crippen LogP contribution in [0.4, 0.5) is 5.69 Å². The molecule has 4 nitrogen and oxygen atoms in total. The fraction of sp³-hybridized carbons (Fsp3) is 0.278. The third-order valence-corrected chi connectivity index (χ3v) is 4.09. The van der Waals surface area contributed by atoms with Crippen molar-refractivity contribution in [2.45, 2.75) is 25.3 Å². The predicted molar refractivity (Wildman–Crippen MR) is 87.0 cm³/mol. The molecule has 2 aromatic rings. The van der Waals surface area contributed by atoms with Crippen LogP contribution in [-0.4, -0.2) is 13.0 Å². The van der Waals surface area contributed by atoms with Gasteiger partial charge >= 0.3 is 0 Å². The van der Waals surface area contributed by atoms with Gasteiger partial charge in [-0.1, -0.05) is 24.3 Å². The molecule has 0 radical (unpaired) electrons. The van der Waals surface area contributed by atoms with Gasteiger partial charge in [-0.3, -0.25) is 4.79 Å². The molecular formula is C18H20N2O2. The highest BCUT2D eigenvalue weighted by molar-refractivity contribution is 5.92. The third-order valence-electron chi connectivity index (χ3n) is 4.09. The molecule has 4 heteroatoms. The molecule has 0 bridgehead atoms. The minimum absolute atomic E-state index is 0.0888. The topological polar surface area (TPSA) is 64.3 Å². The van der Waals surface area contributed by atoms with Gasteiger partial charge in [0.05, 0.1) is 13.2 Å². The molecule has 1 heterocycles. The molecule has 1 unspecified atom stereocenters. The first kappa shape index (κ1) is 14.6. The average molecular weight is 296 g/mol. The van der Waals surface area contributed by atoms with Gasteiger partial charge < -0.3 is 15.8 Å². The summed E-state index contributed by atoms with van der Waals surface area (Å²) in [7, 11) is 1.65. The number of methoxy groups -OCH3 is 1. The van der Waals surface area contributed by atoms with E-state index in [1.54, 1.807) is 7.11 Å². The molecule has 0 aliphatic carbocycles. The Morgan fingerprint density at radius 2 is 1.82 bits per heavy atom. The van der Waals surface area contributed by atoms with Crippen molar-refractivity contribution in [1.82, 2.24) is 0 Å². The first-order valence-electron chi connectivity index (χ1n) is 7.49. The van der Waals surface area contributed by atoms with Crippen LogP contribution in [0.2, 0.25) is 0 Å². The average Bonchev–Trinajstić information content (AvgIpc) is 2.74. The van der Waals surface area contributed by atoms with Crippen molar-refractivity contribution < 1.29 is 9.53 Å². The standard InChI is InChI=1S/C18H20N2O2/c1-22-15-8-5-12(6-9-15)18(19)14-7-10-16-13(11-14)3-2-4-17(21)20-16/h5-11,18H,2-4,19H2,1H3,(H,20,21). The van der Waals surface area contributed by atoms with Crippen LogP contribution in [0.5, 0.6) is 5.75 Å². The first-order chi connectivity index (χ1) is 10.7. The Bertz CT molecular complexity index is 680. The lowest BCUT2D eigenvalue weighted by Crippen LogP contribution is -2.13. The van der Waals surface area contributed by atoms with Crippen LogP contribution in [0, 0.1) is 0 Å². The molecule has 114 valence electrons. The van der Waals surface area contributed by atoms with Crippen molar-refractivity contribution >= 4 is 11.6 Å². The van der Waals surface area contributed by atoms with Crippen LogP contribution in [0.1, 0.15) is 35.6 Å². The van der Waals surface area contributed by atoms with E-state index < -0.39 is 0 Å². The number of nitrogens with one attached hydrogen (secondary N) is 1. The summed E-state index contributed by atoms with van der Waals surface area (Å²) in [6, 6.07) is 13.7. The zero-order valence-electron chi connectivity index (χ0n) is 12.6. The monoisotopic (exact) mass is 296 g/mol. The van der Waals surface area contributed by atoms with Crippen LogP contribution < -0.4 is 15.8 Å². The molecule has 1 aliphatic rings. The highest BCUT2D eigenvalue weighted by Gasteiger charge is 2.15. The number of anilines is 1. The molecule has 0 spiro atoms. The van der Waals surface area contributed by atoms with Gasteiger partial charge in [-0.2, -0.15) is 0 Å². The second-order valence-corrected chi connectivity index (χ2v) is 5.57. The lowest BCUT2D eigenvalue weighted by Gasteiger charge is -2.16. The Morgan fingerprint density at radius 1 is 1.09 bits per heavy atom. The summed E-state index contributed by atoms with van der Waals surface area (Å²) < 4.78 is 5.17. The number of hydrogen-bond acceptors (Lipinski definition) is 3. The van der Waals surface area contributed by atoms with Gasteiger partial charge in [0.1, 0.15) is 5.75 Å². The molecule has 2 aromatic carbocycles. The van der Waals surface area contributed by atoms with Crippen molar-refractivity contribution in [3.05, 3.63) is 59.2 Å². The Morgan fingerprint density at radius 3 is 2.55 bits per heavy atom. The number of amides is 1. The molecule has 0 saturated carbocycles. The molecule has 3 rings (SSSR count). The number of benzene rings is 2. The number of rotatable bonds is 3. The van der Waals surface area contributed by atoms with E-state index in [0.717, 1.165) is 41.0 Å². The molecule has 0 saturated heterocycles. The third kappa shape index (κ3) is 2.97. The van der Waals surface area contributed by atoms with E-state index in [4.69, 9.17) is 10.5 Å². The van der Waals surface area contributed by atoms with E-state index in [-0.39, 0.29) is 11.9 Å². The van der Waals surface area contributed by atoms with Crippen molar-refractivity contribution in [2.75, 3.05) is 12.4 Å². The number of nitrogens with two attached hydrogens (primary N) is 1. The van der Waals surface area contributed by atoms with E-state index in [1.807, 2.05) is 36.4 Å². The highest BCUT2D eigenvalue weighted by atomic mass is 16.5. The summed E-state index contributed by atoms with van der Waals surface area (Å²) in [4.78, 5) is 11.6. The Labute approximate surface area is 130 Å². The fourth-order valence-electron chi connectivity index (χ4n) is 2.79. The largest absolute Gasteiger partial charge is 0.497 e.